The van der Waals surface area contributed by atoms with Crippen molar-refractivity contribution in [3.8, 4) is 5.88 Å². The van der Waals surface area contributed by atoms with Gasteiger partial charge in [0.25, 0.3) is 0 Å². The third kappa shape index (κ3) is 4.82. The lowest BCUT2D eigenvalue weighted by Gasteiger charge is -2.21. The summed E-state index contributed by atoms with van der Waals surface area (Å²) in [4.78, 5) is 11.5. The van der Waals surface area contributed by atoms with E-state index in [1.807, 2.05) is 36.3 Å². The molecule has 1 unspecified atom stereocenters. The predicted octanol–water partition coefficient (Wildman–Crippen LogP) is 2.56. The van der Waals surface area contributed by atoms with E-state index in [0.717, 1.165) is 50.1 Å². The van der Waals surface area contributed by atoms with Crippen molar-refractivity contribution in [2.45, 2.75) is 38.6 Å². The number of guanidine groups is 1. The Labute approximate surface area is 166 Å². The first-order chi connectivity index (χ1) is 13.7. The molecular weight excluding hydrogens is 352 g/mol. The molecule has 3 heterocycles. The van der Waals surface area contributed by atoms with Crippen molar-refractivity contribution in [2.75, 3.05) is 26.2 Å². The van der Waals surface area contributed by atoms with E-state index in [4.69, 9.17) is 9.73 Å². The quantitative estimate of drug-likeness (QED) is 0.589. The van der Waals surface area contributed by atoms with E-state index < -0.39 is 0 Å². The smallest absolute Gasteiger partial charge is 0.213 e. The lowest BCUT2D eigenvalue weighted by Crippen LogP contribution is -2.40. The van der Waals surface area contributed by atoms with Crippen LogP contribution in [0.3, 0.4) is 0 Å². The van der Waals surface area contributed by atoms with Crippen molar-refractivity contribution >= 4 is 5.96 Å². The summed E-state index contributed by atoms with van der Waals surface area (Å²) in [6, 6.07) is 4.03. The highest BCUT2D eigenvalue weighted by Gasteiger charge is 2.27. The van der Waals surface area contributed by atoms with Crippen LogP contribution in [0.2, 0.25) is 0 Å². The highest BCUT2D eigenvalue weighted by molar-refractivity contribution is 5.80. The molecule has 28 heavy (non-hydrogen) atoms. The minimum atomic E-state index is 0.515. The third-order valence-electron chi connectivity index (χ3n) is 5.39. The fourth-order valence-corrected chi connectivity index (χ4v) is 3.58. The molecule has 4 rings (SSSR count). The van der Waals surface area contributed by atoms with Crippen LogP contribution in [0, 0.1) is 5.92 Å². The summed E-state index contributed by atoms with van der Waals surface area (Å²) < 4.78 is 7.67. The lowest BCUT2D eigenvalue weighted by molar-refractivity contribution is 0.288. The number of ether oxygens (including phenoxy) is 1. The summed E-state index contributed by atoms with van der Waals surface area (Å²) in [5.74, 6) is 2.93. The SMILES string of the molecule is CCNC(=NCc1ccnc(OCC2CC2)c1)N1CCC(c2cnn(C)c2)C1. The molecule has 0 amide bonds. The summed E-state index contributed by atoms with van der Waals surface area (Å²) in [6.07, 6.45) is 9.62. The van der Waals surface area contributed by atoms with Gasteiger partial charge in [-0.25, -0.2) is 9.98 Å². The normalized spacial score (nSPS) is 19.9. The number of aryl methyl sites for hydroxylation is 1. The van der Waals surface area contributed by atoms with Crippen LogP contribution in [0.4, 0.5) is 0 Å². The second kappa shape index (κ2) is 8.63. The number of pyridine rings is 1. The van der Waals surface area contributed by atoms with E-state index in [-0.39, 0.29) is 0 Å². The van der Waals surface area contributed by atoms with Crippen LogP contribution in [0.1, 0.15) is 43.2 Å². The molecule has 2 fully saturated rings. The van der Waals surface area contributed by atoms with Gasteiger partial charge in [0.2, 0.25) is 5.88 Å². The minimum absolute atomic E-state index is 0.515. The molecule has 0 bridgehead atoms. The van der Waals surface area contributed by atoms with Gasteiger partial charge in [0, 0.05) is 51.1 Å². The zero-order valence-corrected chi connectivity index (χ0v) is 16.8. The number of hydrogen-bond donors (Lipinski definition) is 1. The van der Waals surface area contributed by atoms with Crippen molar-refractivity contribution in [2.24, 2.45) is 18.0 Å². The molecule has 7 heteroatoms. The van der Waals surface area contributed by atoms with E-state index in [1.54, 1.807) is 0 Å². The molecule has 2 aromatic rings. The molecule has 2 aliphatic rings. The van der Waals surface area contributed by atoms with Gasteiger partial charge in [0.1, 0.15) is 0 Å². The molecule has 2 aromatic heterocycles. The zero-order chi connectivity index (χ0) is 19.3. The predicted molar refractivity (Wildman–Crippen MR) is 109 cm³/mol. The van der Waals surface area contributed by atoms with E-state index in [2.05, 4.69) is 33.4 Å². The second-order valence-corrected chi connectivity index (χ2v) is 7.81. The molecule has 7 nitrogen and oxygen atoms in total. The van der Waals surface area contributed by atoms with Gasteiger partial charge in [-0.3, -0.25) is 4.68 Å². The minimum Gasteiger partial charge on any atom is -0.477 e. The maximum absolute atomic E-state index is 5.80. The van der Waals surface area contributed by atoms with Gasteiger partial charge in [-0.2, -0.15) is 5.10 Å². The largest absolute Gasteiger partial charge is 0.477 e. The van der Waals surface area contributed by atoms with E-state index in [1.165, 1.54) is 18.4 Å². The average Bonchev–Trinajstić information content (AvgIpc) is 3.22. The summed E-state index contributed by atoms with van der Waals surface area (Å²) in [7, 11) is 1.97. The molecule has 1 aliphatic heterocycles. The van der Waals surface area contributed by atoms with E-state index >= 15 is 0 Å². The maximum Gasteiger partial charge on any atom is 0.213 e. The average molecular weight is 383 g/mol. The molecule has 1 atom stereocenters. The molecule has 1 saturated heterocycles. The maximum atomic E-state index is 5.80. The van der Waals surface area contributed by atoms with Gasteiger partial charge in [-0.1, -0.05) is 0 Å². The Kier molecular flexibility index (Phi) is 5.78. The van der Waals surface area contributed by atoms with E-state index in [0.29, 0.717) is 18.3 Å². The van der Waals surface area contributed by atoms with Gasteiger partial charge >= 0.3 is 0 Å². The van der Waals surface area contributed by atoms with Crippen molar-refractivity contribution in [1.82, 2.24) is 25.0 Å². The Morgan fingerprint density at radius 3 is 3.00 bits per heavy atom. The third-order valence-corrected chi connectivity index (χ3v) is 5.39. The number of rotatable bonds is 7. The van der Waals surface area contributed by atoms with E-state index in [9.17, 15) is 0 Å². The molecule has 150 valence electrons. The van der Waals surface area contributed by atoms with Crippen LogP contribution < -0.4 is 10.1 Å². The number of nitrogens with zero attached hydrogens (tertiary/aromatic N) is 5. The Balaban J connectivity index is 1.38. The van der Waals surface area contributed by atoms with Crippen LogP contribution >= 0.6 is 0 Å². The monoisotopic (exact) mass is 382 g/mol. The van der Waals surface area contributed by atoms with Crippen molar-refractivity contribution in [1.29, 1.82) is 0 Å². The highest BCUT2D eigenvalue weighted by Crippen LogP contribution is 2.29. The summed E-state index contributed by atoms with van der Waals surface area (Å²) in [5, 5.41) is 7.76. The first-order valence-corrected chi connectivity index (χ1v) is 10.3. The Morgan fingerprint density at radius 2 is 2.25 bits per heavy atom. The number of aromatic nitrogens is 3. The van der Waals surface area contributed by atoms with Gasteiger partial charge in [0.05, 0.1) is 19.3 Å². The second-order valence-electron chi connectivity index (χ2n) is 7.81. The highest BCUT2D eigenvalue weighted by atomic mass is 16.5. The Hall–Kier alpha value is -2.57. The zero-order valence-electron chi connectivity index (χ0n) is 16.8. The van der Waals surface area contributed by atoms with Crippen LogP contribution in [0.15, 0.2) is 35.7 Å². The van der Waals surface area contributed by atoms with Crippen molar-refractivity contribution in [3.05, 3.63) is 41.9 Å². The summed E-state index contributed by atoms with van der Waals surface area (Å²) >= 11 is 0. The molecule has 0 spiro atoms. The van der Waals surface area contributed by atoms with Crippen LogP contribution in [-0.2, 0) is 13.6 Å². The number of hydrogen-bond acceptors (Lipinski definition) is 4. The van der Waals surface area contributed by atoms with Gasteiger partial charge in [-0.15, -0.1) is 0 Å². The summed E-state index contributed by atoms with van der Waals surface area (Å²) in [5.41, 5.74) is 2.44. The Bertz CT molecular complexity index is 813. The van der Waals surface area contributed by atoms with Crippen LogP contribution in [0.25, 0.3) is 0 Å². The van der Waals surface area contributed by atoms with Crippen LogP contribution in [0.5, 0.6) is 5.88 Å². The van der Waals surface area contributed by atoms with Gasteiger partial charge in [0.15, 0.2) is 5.96 Å². The van der Waals surface area contributed by atoms with Gasteiger partial charge in [-0.05, 0) is 49.3 Å². The summed E-state index contributed by atoms with van der Waals surface area (Å²) in [6.45, 7) is 6.37. The van der Waals surface area contributed by atoms with Crippen LogP contribution in [-0.4, -0.2) is 51.9 Å². The van der Waals surface area contributed by atoms with Crippen molar-refractivity contribution < 1.29 is 4.74 Å². The first-order valence-electron chi connectivity index (χ1n) is 10.3. The fourth-order valence-electron chi connectivity index (χ4n) is 3.58. The van der Waals surface area contributed by atoms with Gasteiger partial charge < -0.3 is 15.0 Å². The molecule has 1 aliphatic carbocycles. The molecular formula is C21H30N6O. The molecule has 1 N–H and O–H groups in total. The fraction of sp³-hybridized carbons (Fsp3) is 0.571. The number of likely N-dealkylation sites (tertiary alicyclic amines) is 1. The number of aliphatic imine (C=N–C) groups is 1. The Morgan fingerprint density at radius 1 is 1.36 bits per heavy atom. The molecule has 1 saturated carbocycles. The first kappa shape index (κ1) is 18.8. The standard InChI is InChI=1S/C21H30N6O/c1-3-22-21(27-9-7-18(14-27)19-12-25-26(2)13-19)24-11-17-6-8-23-20(10-17)28-15-16-4-5-16/h6,8,10,12-13,16,18H,3-5,7,9,11,14-15H2,1-2H3,(H,22,24). The molecule has 0 radical (unpaired) electrons. The van der Waals surface area contributed by atoms with Crippen molar-refractivity contribution in [3.63, 3.8) is 0 Å². The molecule has 0 aromatic carbocycles. The lowest BCUT2D eigenvalue weighted by atomic mass is 10.0. The number of nitrogens with one attached hydrogen (secondary N) is 1. The topological polar surface area (TPSA) is 67.6 Å².